The summed E-state index contributed by atoms with van der Waals surface area (Å²) in [6.07, 6.45) is 1.72. The number of benzene rings is 2. The van der Waals surface area contributed by atoms with Crippen LogP contribution in [0.2, 0.25) is 0 Å². The number of likely N-dealkylation sites (N-methyl/N-ethyl adjacent to an activating group) is 1. The lowest BCUT2D eigenvalue weighted by molar-refractivity contribution is -0.140. The number of amides is 4. The second-order valence-electron chi connectivity index (χ2n) is 10.6. The molecule has 2 aromatic carbocycles. The maximum atomic E-state index is 13.6. The molecule has 0 aliphatic heterocycles. The lowest BCUT2D eigenvalue weighted by Gasteiger charge is -2.29. The number of nitrogens with one attached hydrogen (secondary N) is 2. The molecule has 1 aromatic heterocycles. The largest absolute Gasteiger partial charge is 0.508 e. The molecule has 7 N–H and O–H groups in total. The third kappa shape index (κ3) is 8.32. The van der Waals surface area contributed by atoms with Gasteiger partial charge in [0.05, 0.1) is 12.3 Å². The van der Waals surface area contributed by atoms with Crippen molar-refractivity contribution in [2.45, 2.75) is 57.8 Å². The van der Waals surface area contributed by atoms with Crippen LogP contribution in [0.5, 0.6) is 5.75 Å². The first-order valence-corrected chi connectivity index (χ1v) is 13.8. The van der Waals surface area contributed by atoms with E-state index in [2.05, 4.69) is 17.2 Å². The van der Waals surface area contributed by atoms with Crippen LogP contribution < -0.4 is 22.1 Å². The fourth-order valence-electron chi connectivity index (χ4n) is 4.75. The van der Waals surface area contributed by atoms with Gasteiger partial charge in [-0.15, -0.1) is 0 Å². The molecule has 0 saturated carbocycles. The molecule has 228 valence electrons. The molecule has 0 bridgehead atoms. The minimum Gasteiger partial charge on any atom is -0.508 e. The lowest BCUT2D eigenvalue weighted by atomic mass is 9.95. The Morgan fingerprint density at radius 3 is 2.16 bits per heavy atom. The number of furan rings is 1. The Kier molecular flexibility index (Phi) is 10.9. The van der Waals surface area contributed by atoms with Crippen LogP contribution in [0.3, 0.4) is 0 Å². The van der Waals surface area contributed by atoms with Crippen LogP contribution in [0.4, 0.5) is 0 Å². The summed E-state index contributed by atoms with van der Waals surface area (Å²) in [6.45, 7) is 8.88. The number of hydrogen-bond acceptors (Lipinski definition) is 7. The van der Waals surface area contributed by atoms with Gasteiger partial charge in [0.1, 0.15) is 29.6 Å². The maximum absolute atomic E-state index is 13.6. The maximum Gasteiger partial charge on any atom is 0.246 e. The second kappa shape index (κ2) is 14.3. The summed E-state index contributed by atoms with van der Waals surface area (Å²) in [7, 11) is 1.47. The van der Waals surface area contributed by atoms with Crippen LogP contribution >= 0.6 is 0 Å². The molecule has 1 heterocycles. The van der Waals surface area contributed by atoms with Gasteiger partial charge in [-0.1, -0.05) is 36.9 Å². The van der Waals surface area contributed by atoms with Gasteiger partial charge in [-0.3, -0.25) is 19.2 Å². The summed E-state index contributed by atoms with van der Waals surface area (Å²) < 4.78 is 5.39. The van der Waals surface area contributed by atoms with Crippen LogP contribution in [0, 0.1) is 13.8 Å². The van der Waals surface area contributed by atoms with Crippen molar-refractivity contribution in [3.63, 3.8) is 0 Å². The summed E-state index contributed by atoms with van der Waals surface area (Å²) >= 11 is 0. The Balaban J connectivity index is 1.77. The normalized spacial score (nSPS) is 13.7. The summed E-state index contributed by atoms with van der Waals surface area (Å²) in [4.78, 5) is 53.4. The van der Waals surface area contributed by atoms with E-state index in [4.69, 9.17) is 15.9 Å². The standard InChI is InChI=1S/C32H39N5O6/c1-18-14-23(38)15-19(2)24(18)17-25(33)32(42)37(5)21(4)30(40)35-26(16-22-10-7-6-8-11-22)31(41)36-28(20(3)29(34)39)27-12-9-13-43-27/h6-15,21,25-26,28,38H,3,16-17,33H2,1-2,4-5H3,(H2,34,39)(H,35,40)(H,36,41)/t21-,25+,26+,28-/m1/s1. The van der Waals surface area contributed by atoms with E-state index in [9.17, 15) is 24.3 Å². The Morgan fingerprint density at radius 2 is 1.60 bits per heavy atom. The number of aryl methyl sites for hydroxylation is 2. The van der Waals surface area contributed by atoms with Crippen molar-refractivity contribution in [3.05, 3.63) is 101 Å². The van der Waals surface area contributed by atoms with Crippen molar-refractivity contribution in [1.82, 2.24) is 15.5 Å². The van der Waals surface area contributed by atoms with Crippen LogP contribution in [-0.2, 0) is 32.0 Å². The van der Waals surface area contributed by atoms with Crippen LogP contribution in [-0.4, -0.2) is 58.8 Å². The SMILES string of the molecule is C=C(C(N)=O)[C@@H](NC(=O)[C@H](Cc1ccccc1)NC(=O)[C@@H](C)N(C)C(=O)[C@@H](N)Cc1c(C)cc(O)cc1C)c1ccco1. The molecule has 3 aromatic rings. The van der Waals surface area contributed by atoms with Gasteiger partial charge in [-0.25, -0.2) is 0 Å². The zero-order chi connectivity index (χ0) is 31.8. The van der Waals surface area contributed by atoms with E-state index in [-0.39, 0.29) is 29.9 Å². The lowest BCUT2D eigenvalue weighted by Crippen LogP contribution is -2.56. The Hall–Kier alpha value is -4.90. The van der Waals surface area contributed by atoms with Crippen molar-refractivity contribution in [3.8, 4) is 5.75 Å². The third-order valence-electron chi connectivity index (χ3n) is 7.42. The Labute approximate surface area is 250 Å². The molecule has 4 amide bonds. The first-order valence-electron chi connectivity index (χ1n) is 13.8. The van der Waals surface area contributed by atoms with Crippen LogP contribution in [0.1, 0.15) is 41.0 Å². The number of nitrogens with two attached hydrogens (primary N) is 2. The molecule has 0 radical (unpaired) electrons. The van der Waals surface area contributed by atoms with Gasteiger partial charge < -0.3 is 36.5 Å². The van der Waals surface area contributed by atoms with Gasteiger partial charge in [-0.05, 0) is 73.7 Å². The summed E-state index contributed by atoms with van der Waals surface area (Å²) in [5, 5.41) is 15.3. The van der Waals surface area contributed by atoms with Gasteiger partial charge in [-0.2, -0.15) is 0 Å². The minimum atomic E-state index is -1.09. The predicted molar refractivity (Wildman–Crippen MR) is 161 cm³/mol. The average Bonchev–Trinajstić information content (AvgIpc) is 3.50. The molecule has 4 atom stereocenters. The van der Waals surface area contributed by atoms with Gasteiger partial charge in [0, 0.05) is 19.0 Å². The predicted octanol–water partition coefficient (Wildman–Crippen LogP) is 1.95. The zero-order valence-electron chi connectivity index (χ0n) is 24.8. The molecule has 0 saturated heterocycles. The number of aromatic hydroxyl groups is 1. The van der Waals surface area contributed by atoms with E-state index in [0.717, 1.165) is 22.3 Å². The highest BCUT2D eigenvalue weighted by Gasteiger charge is 2.32. The summed E-state index contributed by atoms with van der Waals surface area (Å²) in [6, 6.07) is 11.4. The fraction of sp³-hybridized carbons (Fsp3) is 0.312. The summed E-state index contributed by atoms with van der Waals surface area (Å²) in [5.74, 6) is -2.11. The molecule has 3 rings (SSSR count). The number of carbonyl (C=O) groups is 4. The highest BCUT2D eigenvalue weighted by atomic mass is 16.3. The number of carbonyl (C=O) groups excluding carboxylic acids is 4. The molecule has 0 aliphatic carbocycles. The van der Waals surface area contributed by atoms with E-state index >= 15 is 0 Å². The Bertz CT molecular complexity index is 1450. The fourth-order valence-corrected chi connectivity index (χ4v) is 4.75. The van der Waals surface area contributed by atoms with Crippen molar-refractivity contribution in [1.29, 1.82) is 0 Å². The molecule has 0 unspecified atom stereocenters. The van der Waals surface area contributed by atoms with Crippen molar-refractivity contribution >= 4 is 23.6 Å². The molecular weight excluding hydrogens is 550 g/mol. The molecular formula is C32H39N5O6. The van der Waals surface area contributed by atoms with E-state index < -0.39 is 47.8 Å². The summed E-state index contributed by atoms with van der Waals surface area (Å²) in [5.41, 5.74) is 14.8. The third-order valence-corrected chi connectivity index (χ3v) is 7.42. The molecule has 0 spiro atoms. The average molecular weight is 590 g/mol. The van der Waals surface area contributed by atoms with Crippen molar-refractivity contribution in [2.75, 3.05) is 7.05 Å². The van der Waals surface area contributed by atoms with Gasteiger partial charge in [0.2, 0.25) is 23.6 Å². The number of nitrogens with zero attached hydrogens (tertiary/aromatic N) is 1. The molecule has 11 nitrogen and oxygen atoms in total. The van der Waals surface area contributed by atoms with E-state index in [1.165, 1.54) is 25.1 Å². The monoisotopic (exact) mass is 589 g/mol. The smallest absolute Gasteiger partial charge is 0.246 e. The minimum absolute atomic E-state index is 0.0973. The van der Waals surface area contributed by atoms with Gasteiger partial charge in [0.25, 0.3) is 0 Å². The van der Waals surface area contributed by atoms with Crippen molar-refractivity contribution < 1.29 is 28.7 Å². The Morgan fingerprint density at radius 1 is 0.977 bits per heavy atom. The quantitative estimate of drug-likeness (QED) is 0.189. The molecule has 43 heavy (non-hydrogen) atoms. The molecule has 0 aliphatic rings. The van der Waals surface area contributed by atoms with E-state index in [0.29, 0.717) is 0 Å². The highest BCUT2D eigenvalue weighted by Crippen LogP contribution is 2.23. The number of primary amides is 1. The van der Waals surface area contributed by atoms with Crippen LogP contribution in [0.25, 0.3) is 0 Å². The number of hydrogen-bond donors (Lipinski definition) is 5. The molecule has 11 heteroatoms. The van der Waals surface area contributed by atoms with Gasteiger partial charge in [0.15, 0.2) is 0 Å². The van der Waals surface area contributed by atoms with E-state index in [1.807, 2.05) is 32.0 Å². The number of phenolic OH excluding ortho intramolecular Hbond substituents is 1. The molecule has 0 fully saturated rings. The zero-order valence-corrected chi connectivity index (χ0v) is 24.8. The van der Waals surface area contributed by atoms with Gasteiger partial charge >= 0.3 is 0 Å². The topological polar surface area (TPSA) is 181 Å². The van der Waals surface area contributed by atoms with E-state index in [1.54, 1.807) is 36.4 Å². The number of phenols is 1. The second-order valence-corrected chi connectivity index (χ2v) is 10.6. The van der Waals surface area contributed by atoms with Crippen LogP contribution in [0.15, 0.2) is 77.4 Å². The first kappa shape index (κ1) is 32.6. The highest BCUT2D eigenvalue weighted by molar-refractivity contribution is 5.95. The number of rotatable bonds is 13. The first-order chi connectivity index (χ1) is 20.3. The van der Waals surface area contributed by atoms with Crippen molar-refractivity contribution in [2.24, 2.45) is 11.5 Å².